The molecule has 0 radical (unpaired) electrons. The van der Waals surface area contributed by atoms with E-state index in [-0.39, 0.29) is 12.3 Å². The zero-order valence-corrected chi connectivity index (χ0v) is 13.8. The largest absolute Gasteiger partial charge is 0.481 e. The molecule has 0 heterocycles. The van der Waals surface area contributed by atoms with Crippen LogP contribution in [-0.2, 0) is 9.59 Å². The summed E-state index contributed by atoms with van der Waals surface area (Å²) in [5.74, 6) is -0.837. The molecular weight excluding hydrogens is 284 g/mol. The second-order valence-corrected chi connectivity index (χ2v) is 5.46. The van der Waals surface area contributed by atoms with Crippen LogP contribution in [0.2, 0.25) is 0 Å². The minimum Gasteiger partial charge on any atom is -0.481 e. The lowest BCUT2D eigenvalue weighted by Gasteiger charge is -2.23. The molecule has 0 rings (SSSR count). The Morgan fingerprint density at radius 2 is 1.95 bits per heavy atom. The van der Waals surface area contributed by atoms with Gasteiger partial charge in [0.05, 0.1) is 12.5 Å². The first-order valence-electron chi connectivity index (χ1n) is 7.95. The first-order valence-corrected chi connectivity index (χ1v) is 7.95. The Bertz CT molecular complexity index is 343. The molecule has 0 aliphatic carbocycles. The van der Waals surface area contributed by atoms with Crippen LogP contribution in [0.3, 0.4) is 0 Å². The molecule has 0 fully saturated rings. The molecule has 1 unspecified atom stereocenters. The first kappa shape index (κ1) is 20.6. The van der Waals surface area contributed by atoms with E-state index in [1.165, 1.54) is 0 Å². The van der Waals surface area contributed by atoms with E-state index in [9.17, 15) is 14.7 Å². The Kier molecular flexibility index (Phi) is 12.4. The molecule has 0 aliphatic rings. The second-order valence-electron chi connectivity index (χ2n) is 5.46. The number of allylic oxidation sites excluding steroid dienone is 2. The number of carbonyl (C=O) groups excluding carboxylic acids is 1. The fourth-order valence-electron chi connectivity index (χ4n) is 2.08. The molecule has 128 valence electrons. The fourth-order valence-corrected chi connectivity index (χ4v) is 2.08. The van der Waals surface area contributed by atoms with Crippen LogP contribution in [0.1, 0.15) is 46.0 Å². The first-order chi connectivity index (χ1) is 10.5. The third kappa shape index (κ3) is 13.6. The van der Waals surface area contributed by atoms with Crippen molar-refractivity contribution in [3.8, 4) is 0 Å². The predicted molar refractivity (Wildman–Crippen MR) is 86.7 cm³/mol. The number of carboxylic acids is 1. The highest BCUT2D eigenvalue weighted by molar-refractivity contribution is 5.75. The summed E-state index contributed by atoms with van der Waals surface area (Å²) in [6.07, 6.45) is 7.01. The summed E-state index contributed by atoms with van der Waals surface area (Å²) in [5, 5.41) is 20.9. The lowest BCUT2D eigenvalue weighted by Crippen LogP contribution is -2.39. The summed E-state index contributed by atoms with van der Waals surface area (Å²) in [5.41, 5.74) is 0. The molecule has 0 bridgehead atoms. The van der Waals surface area contributed by atoms with Crippen LogP contribution in [0.25, 0.3) is 0 Å². The lowest BCUT2D eigenvalue weighted by molar-refractivity contribution is -0.137. The van der Waals surface area contributed by atoms with Crippen molar-refractivity contribution >= 4 is 11.9 Å². The summed E-state index contributed by atoms with van der Waals surface area (Å²) in [4.78, 5) is 24.1. The Balaban J connectivity index is 3.84. The molecule has 0 aromatic heterocycles. The number of amides is 1. The summed E-state index contributed by atoms with van der Waals surface area (Å²) in [6.45, 7) is 5.45. The minimum absolute atomic E-state index is 0.0238. The molecule has 0 aromatic rings. The smallest absolute Gasteiger partial charge is 0.304 e. The van der Waals surface area contributed by atoms with Crippen molar-refractivity contribution in [3.05, 3.63) is 12.2 Å². The van der Waals surface area contributed by atoms with Crippen molar-refractivity contribution in [2.24, 2.45) is 0 Å². The van der Waals surface area contributed by atoms with Gasteiger partial charge in [-0.1, -0.05) is 12.2 Å². The number of carboxylic acid groups (broad SMARTS) is 1. The van der Waals surface area contributed by atoms with E-state index in [1.54, 1.807) is 6.92 Å². The highest BCUT2D eigenvalue weighted by Crippen LogP contribution is 2.00. The molecule has 3 N–H and O–H groups in total. The third-order valence-corrected chi connectivity index (χ3v) is 3.17. The van der Waals surface area contributed by atoms with Gasteiger partial charge in [0.15, 0.2) is 0 Å². The van der Waals surface area contributed by atoms with Gasteiger partial charge >= 0.3 is 5.97 Å². The summed E-state index contributed by atoms with van der Waals surface area (Å²) >= 11 is 0. The van der Waals surface area contributed by atoms with Crippen molar-refractivity contribution in [1.82, 2.24) is 10.2 Å². The van der Waals surface area contributed by atoms with E-state index >= 15 is 0 Å². The van der Waals surface area contributed by atoms with Crippen LogP contribution < -0.4 is 5.32 Å². The number of rotatable bonds is 13. The number of carbonyl (C=O) groups is 2. The van der Waals surface area contributed by atoms with E-state index in [0.717, 1.165) is 19.3 Å². The van der Waals surface area contributed by atoms with Gasteiger partial charge in [0, 0.05) is 32.6 Å². The maximum Gasteiger partial charge on any atom is 0.304 e. The highest BCUT2D eigenvalue weighted by atomic mass is 16.4. The zero-order chi connectivity index (χ0) is 16.8. The number of unbranched alkanes of at least 4 members (excludes halogenated alkanes) is 2. The van der Waals surface area contributed by atoms with Gasteiger partial charge in [-0.05, 0) is 33.1 Å². The van der Waals surface area contributed by atoms with E-state index in [2.05, 4.69) is 11.4 Å². The van der Waals surface area contributed by atoms with Gasteiger partial charge in [0.2, 0.25) is 5.91 Å². The molecule has 6 heteroatoms. The second kappa shape index (κ2) is 13.3. The molecule has 0 spiro atoms. The molecule has 22 heavy (non-hydrogen) atoms. The molecule has 0 saturated heterocycles. The number of hydrogen-bond donors (Lipinski definition) is 3. The zero-order valence-electron chi connectivity index (χ0n) is 13.8. The Hall–Kier alpha value is -1.40. The van der Waals surface area contributed by atoms with Gasteiger partial charge in [-0.2, -0.15) is 0 Å². The van der Waals surface area contributed by atoms with Crippen LogP contribution in [0.5, 0.6) is 0 Å². The quantitative estimate of drug-likeness (QED) is 0.353. The Labute approximate surface area is 133 Å². The molecule has 6 nitrogen and oxygen atoms in total. The summed E-state index contributed by atoms with van der Waals surface area (Å²) in [7, 11) is 0. The Morgan fingerprint density at radius 3 is 2.55 bits per heavy atom. The van der Waals surface area contributed by atoms with Crippen molar-refractivity contribution in [1.29, 1.82) is 0 Å². The average Bonchev–Trinajstić information content (AvgIpc) is 2.43. The number of hydrogen-bond acceptors (Lipinski definition) is 4. The van der Waals surface area contributed by atoms with Crippen LogP contribution in [0.15, 0.2) is 12.2 Å². The molecule has 0 aromatic carbocycles. The fraction of sp³-hybridized carbons (Fsp3) is 0.750. The van der Waals surface area contributed by atoms with Gasteiger partial charge in [0.25, 0.3) is 0 Å². The maximum absolute atomic E-state index is 11.7. The Morgan fingerprint density at radius 1 is 1.23 bits per heavy atom. The molecule has 1 amide bonds. The normalized spacial score (nSPS) is 12.7. The third-order valence-electron chi connectivity index (χ3n) is 3.17. The monoisotopic (exact) mass is 314 g/mol. The van der Waals surface area contributed by atoms with Gasteiger partial charge in [-0.15, -0.1) is 0 Å². The molecular formula is C16H30N2O4. The van der Waals surface area contributed by atoms with E-state index < -0.39 is 12.1 Å². The number of aliphatic hydroxyl groups excluding tert-OH is 1. The number of nitrogens with one attached hydrogen (secondary N) is 1. The van der Waals surface area contributed by atoms with Crippen LogP contribution >= 0.6 is 0 Å². The van der Waals surface area contributed by atoms with Crippen molar-refractivity contribution in [2.45, 2.75) is 52.1 Å². The van der Waals surface area contributed by atoms with E-state index in [4.69, 9.17) is 5.11 Å². The number of aliphatic hydroxyl groups is 1. The molecule has 0 aliphatic heterocycles. The van der Waals surface area contributed by atoms with E-state index in [0.29, 0.717) is 32.6 Å². The summed E-state index contributed by atoms with van der Waals surface area (Å²) < 4.78 is 0. The molecule has 1 atom stereocenters. The highest BCUT2D eigenvalue weighted by Gasteiger charge is 2.10. The average molecular weight is 314 g/mol. The topological polar surface area (TPSA) is 89.9 Å². The number of aliphatic carboxylic acids is 1. The minimum atomic E-state index is -0.860. The number of nitrogens with zero attached hydrogens (tertiary/aromatic N) is 1. The van der Waals surface area contributed by atoms with Crippen LogP contribution in [0.4, 0.5) is 0 Å². The van der Waals surface area contributed by atoms with Gasteiger partial charge < -0.3 is 15.5 Å². The van der Waals surface area contributed by atoms with Crippen molar-refractivity contribution in [3.63, 3.8) is 0 Å². The van der Waals surface area contributed by atoms with Gasteiger partial charge in [-0.25, -0.2) is 0 Å². The SMILES string of the molecule is C/C=C/CCCCC(=O)NCCN(CCC(=O)O)CC(C)O. The lowest BCUT2D eigenvalue weighted by atomic mass is 10.2. The van der Waals surface area contributed by atoms with Crippen LogP contribution in [0, 0.1) is 0 Å². The van der Waals surface area contributed by atoms with Crippen molar-refractivity contribution in [2.75, 3.05) is 26.2 Å². The van der Waals surface area contributed by atoms with Gasteiger partial charge in [0.1, 0.15) is 0 Å². The van der Waals surface area contributed by atoms with Crippen LogP contribution in [-0.4, -0.2) is 59.3 Å². The summed E-state index contributed by atoms with van der Waals surface area (Å²) in [6, 6.07) is 0. The van der Waals surface area contributed by atoms with Gasteiger partial charge in [-0.3, -0.25) is 14.5 Å². The van der Waals surface area contributed by atoms with Crippen molar-refractivity contribution < 1.29 is 19.8 Å². The predicted octanol–water partition coefficient (Wildman–Crippen LogP) is 1.40. The maximum atomic E-state index is 11.7. The van der Waals surface area contributed by atoms with E-state index in [1.807, 2.05) is 17.9 Å². The molecule has 0 saturated carbocycles. The standard InChI is InChI=1S/C16H30N2O4/c1-3-4-5-6-7-8-15(20)17-10-12-18(13-14(2)19)11-9-16(21)22/h3-4,14,19H,5-13H2,1-2H3,(H,17,20)(H,21,22)/b4-3+.